The van der Waals surface area contributed by atoms with Crippen LogP contribution in [0.3, 0.4) is 0 Å². The van der Waals surface area contributed by atoms with Gasteiger partial charge in [-0.2, -0.15) is 5.10 Å². The van der Waals surface area contributed by atoms with E-state index in [1.807, 2.05) is 11.6 Å². The lowest BCUT2D eigenvalue weighted by atomic mass is 10.1. The highest BCUT2D eigenvalue weighted by Crippen LogP contribution is 2.42. The first-order valence-electron chi connectivity index (χ1n) is 8.85. The minimum Gasteiger partial charge on any atom is -0.477 e. The molecule has 1 unspecified atom stereocenters. The maximum absolute atomic E-state index is 12.8. The number of nitrogens with zero attached hydrogens (tertiary/aromatic N) is 3. The Morgan fingerprint density at radius 1 is 1.38 bits per heavy atom. The number of aryl methyl sites for hydroxylation is 1. The Hall–Kier alpha value is -2.22. The van der Waals surface area contributed by atoms with Crippen LogP contribution in [0.2, 0.25) is 0 Å². The molecule has 2 N–H and O–H groups in total. The van der Waals surface area contributed by atoms with Gasteiger partial charge in [0.15, 0.2) is 0 Å². The Balaban J connectivity index is 1.78. The number of aromatic carboxylic acids is 1. The normalized spacial score (nSPS) is 15.3. The highest BCUT2D eigenvalue weighted by molar-refractivity contribution is 7.13. The number of carboxylic acids is 1. The molecule has 1 atom stereocenters. The van der Waals surface area contributed by atoms with Crippen LogP contribution in [0.25, 0.3) is 0 Å². The van der Waals surface area contributed by atoms with E-state index in [0.717, 1.165) is 36.4 Å². The number of rotatable bonds is 7. The van der Waals surface area contributed by atoms with E-state index in [9.17, 15) is 14.7 Å². The first-order chi connectivity index (χ1) is 12.3. The third-order valence-corrected chi connectivity index (χ3v) is 5.68. The number of carbonyl (C=O) groups is 2. The number of carbonyl (C=O) groups excluding carboxylic acids is 1. The van der Waals surface area contributed by atoms with E-state index < -0.39 is 5.97 Å². The first kappa shape index (κ1) is 18.6. The summed E-state index contributed by atoms with van der Waals surface area (Å²) in [6, 6.07) is -0.361. The third-order valence-electron chi connectivity index (χ3n) is 4.35. The van der Waals surface area contributed by atoms with E-state index >= 15 is 0 Å². The first-order valence-corrected chi connectivity index (χ1v) is 9.66. The van der Waals surface area contributed by atoms with Crippen LogP contribution in [0, 0.1) is 12.8 Å². The number of hydrogen-bond acceptors (Lipinski definition) is 5. The van der Waals surface area contributed by atoms with Gasteiger partial charge in [0.05, 0.1) is 29.2 Å². The molecule has 1 saturated carbocycles. The Bertz CT molecular complexity index is 836. The third kappa shape index (κ3) is 3.80. The van der Waals surface area contributed by atoms with Crippen LogP contribution in [0.15, 0.2) is 6.20 Å². The second kappa shape index (κ2) is 7.19. The van der Waals surface area contributed by atoms with Gasteiger partial charge in [-0.3, -0.25) is 9.48 Å². The van der Waals surface area contributed by atoms with E-state index in [-0.39, 0.29) is 16.8 Å². The summed E-state index contributed by atoms with van der Waals surface area (Å²) in [4.78, 5) is 28.5. The van der Waals surface area contributed by atoms with Gasteiger partial charge >= 0.3 is 5.97 Å². The minimum absolute atomic E-state index is 0.181. The SMILES string of the molecule is Cc1nc(C(C)NC(=O)c2cnn(CC(C)C)c2C2CC2)sc1C(=O)O. The average molecular weight is 376 g/mol. The van der Waals surface area contributed by atoms with E-state index in [1.165, 1.54) is 0 Å². The quantitative estimate of drug-likeness (QED) is 0.772. The fraction of sp³-hybridized carbons (Fsp3) is 0.556. The van der Waals surface area contributed by atoms with Crippen LogP contribution in [0.5, 0.6) is 0 Å². The fourth-order valence-electron chi connectivity index (χ4n) is 2.99. The summed E-state index contributed by atoms with van der Waals surface area (Å²) < 4.78 is 1.96. The molecule has 1 fully saturated rings. The predicted octanol–water partition coefficient (Wildman–Crippen LogP) is 3.37. The maximum Gasteiger partial charge on any atom is 0.347 e. The van der Waals surface area contributed by atoms with E-state index in [4.69, 9.17) is 0 Å². The number of amides is 1. The molecule has 2 heterocycles. The monoisotopic (exact) mass is 376 g/mol. The van der Waals surface area contributed by atoms with Crippen LogP contribution >= 0.6 is 11.3 Å². The summed E-state index contributed by atoms with van der Waals surface area (Å²) in [5.41, 5.74) is 2.11. The van der Waals surface area contributed by atoms with E-state index in [2.05, 4.69) is 29.2 Å². The van der Waals surface area contributed by atoms with Gasteiger partial charge < -0.3 is 10.4 Å². The van der Waals surface area contributed by atoms with Crippen molar-refractivity contribution in [1.82, 2.24) is 20.1 Å². The molecular weight excluding hydrogens is 352 g/mol. The van der Waals surface area contributed by atoms with Gasteiger partial charge in [-0.25, -0.2) is 9.78 Å². The second-order valence-electron chi connectivity index (χ2n) is 7.26. The van der Waals surface area contributed by atoms with Gasteiger partial charge in [0.25, 0.3) is 5.91 Å². The maximum atomic E-state index is 12.8. The van der Waals surface area contributed by atoms with Crippen molar-refractivity contribution in [2.24, 2.45) is 5.92 Å². The number of nitrogens with one attached hydrogen (secondary N) is 1. The minimum atomic E-state index is -0.990. The molecule has 2 aromatic rings. The molecule has 0 aromatic carbocycles. The van der Waals surface area contributed by atoms with Gasteiger partial charge in [0.1, 0.15) is 9.88 Å². The van der Waals surface area contributed by atoms with Crippen LogP contribution in [-0.2, 0) is 6.54 Å². The Morgan fingerprint density at radius 3 is 2.62 bits per heavy atom. The summed E-state index contributed by atoms with van der Waals surface area (Å²) in [6.45, 7) is 8.54. The van der Waals surface area contributed by atoms with E-state index in [0.29, 0.717) is 28.1 Å². The summed E-state index contributed by atoms with van der Waals surface area (Å²) in [5, 5.41) is 17.1. The van der Waals surface area contributed by atoms with Crippen molar-refractivity contribution in [3.8, 4) is 0 Å². The second-order valence-corrected chi connectivity index (χ2v) is 8.29. The smallest absolute Gasteiger partial charge is 0.347 e. The Morgan fingerprint density at radius 2 is 2.08 bits per heavy atom. The van der Waals surface area contributed by atoms with Crippen molar-refractivity contribution in [3.05, 3.63) is 33.0 Å². The van der Waals surface area contributed by atoms with Gasteiger partial charge in [-0.1, -0.05) is 13.8 Å². The number of thiazole rings is 1. The van der Waals surface area contributed by atoms with Crippen molar-refractivity contribution in [2.45, 2.75) is 59.0 Å². The molecule has 0 saturated heterocycles. The number of aromatic nitrogens is 3. The molecule has 0 bridgehead atoms. The fourth-order valence-corrected chi connectivity index (χ4v) is 3.89. The molecule has 1 aliphatic carbocycles. The molecule has 26 heavy (non-hydrogen) atoms. The molecule has 140 valence electrons. The molecular formula is C18H24N4O3S. The molecule has 0 spiro atoms. The van der Waals surface area contributed by atoms with Gasteiger partial charge in [-0.15, -0.1) is 11.3 Å². The van der Waals surface area contributed by atoms with Crippen molar-refractivity contribution < 1.29 is 14.7 Å². The Kier molecular flexibility index (Phi) is 5.13. The standard InChI is InChI=1S/C18H24N4O3S/c1-9(2)8-22-14(12-5-6-12)13(7-19-22)16(23)20-11(4)17-21-10(3)15(26-17)18(24)25/h7,9,11-12H,5-6,8H2,1-4H3,(H,20,23)(H,24,25). The van der Waals surface area contributed by atoms with Gasteiger partial charge in [0, 0.05) is 12.5 Å². The van der Waals surface area contributed by atoms with Crippen LogP contribution in [0.1, 0.15) is 82.0 Å². The van der Waals surface area contributed by atoms with Crippen LogP contribution in [0.4, 0.5) is 0 Å². The van der Waals surface area contributed by atoms with Crippen molar-refractivity contribution >= 4 is 23.2 Å². The largest absolute Gasteiger partial charge is 0.477 e. The van der Waals surface area contributed by atoms with Crippen LogP contribution in [-0.4, -0.2) is 31.7 Å². The van der Waals surface area contributed by atoms with Crippen LogP contribution < -0.4 is 5.32 Å². The van der Waals surface area contributed by atoms with Crippen molar-refractivity contribution in [2.75, 3.05) is 0 Å². The topological polar surface area (TPSA) is 97.1 Å². The summed E-state index contributed by atoms with van der Waals surface area (Å²) >= 11 is 1.10. The predicted molar refractivity (Wildman–Crippen MR) is 98.7 cm³/mol. The van der Waals surface area contributed by atoms with E-state index in [1.54, 1.807) is 13.1 Å². The lowest BCUT2D eigenvalue weighted by Gasteiger charge is -2.13. The van der Waals surface area contributed by atoms with Gasteiger partial charge in [0.2, 0.25) is 0 Å². The summed E-state index contributed by atoms with van der Waals surface area (Å²) in [6.07, 6.45) is 3.83. The zero-order valence-corrected chi connectivity index (χ0v) is 16.3. The molecule has 0 aliphatic heterocycles. The number of hydrogen-bond donors (Lipinski definition) is 2. The summed E-state index contributed by atoms with van der Waals surface area (Å²) in [7, 11) is 0. The zero-order valence-electron chi connectivity index (χ0n) is 15.4. The molecule has 7 nitrogen and oxygen atoms in total. The molecule has 3 rings (SSSR count). The highest BCUT2D eigenvalue weighted by atomic mass is 32.1. The van der Waals surface area contributed by atoms with Crippen molar-refractivity contribution in [1.29, 1.82) is 0 Å². The molecule has 8 heteroatoms. The molecule has 0 radical (unpaired) electrons. The Labute approximate surface area is 156 Å². The molecule has 1 aliphatic rings. The summed E-state index contributed by atoms with van der Waals surface area (Å²) in [5.74, 6) is -0.308. The average Bonchev–Trinajstić information content (AvgIpc) is 3.18. The number of carboxylic acid groups (broad SMARTS) is 1. The van der Waals surface area contributed by atoms with Crippen molar-refractivity contribution in [3.63, 3.8) is 0 Å². The van der Waals surface area contributed by atoms with Gasteiger partial charge in [-0.05, 0) is 32.6 Å². The lowest BCUT2D eigenvalue weighted by molar-refractivity contribution is 0.0701. The lowest BCUT2D eigenvalue weighted by Crippen LogP contribution is -2.27. The molecule has 2 aromatic heterocycles. The zero-order chi connectivity index (χ0) is 19.0. The highest BCUT2D eigenvalue weighted by Gasteiger charge is 2.33. The molecule has 1 amide bonds.